The zero-order valence-corrected chi connectivity index (χ0v) is 17.4. The van der Waals surface area contributed by atoms with Crippen molar-refractivity contribution in [3.63, 3.8) is 0 Å². The van der Waals surface area contributed by atoms with Crippen molar-refractivity contribution in [2.75, 3.05) is 0 Å². The first kappa shape index (κ1) is 18.0. The maximum Gasteiger partial charge on any atom is 0.156 e. The van der Waals surface area contributed by atoms with Crippen molar-refractivity contribution in [1.82, 2.24) is 24.6 Å². The van der Waals surface area contributed by atoms with Crippen LogP contribution < -0.4 is 0 Å². The number of imidazole rings is 1. The molecule has 0 saturated carbocycles. The van der Waals surface area contributed by atoms with E-state index in [9.17, 15) is 0 Å². The molecule has 3 aromatic heterocycles. The quantitative estimate of drug-likeness (QED) is 0.369. The number of benzene rings is 2. The minimum absolute atomic E-state index is 0.124. The molecule has 0 unspecified atom stereocenters. The van der Waals surface area contributed by atoms with Crippen LogP contribution in [0, 0.1) is 5.82 Å². The summed E-state index contributed by atoms with van der Waals surface area (Å²) in [6, 6.07) is 11.6. The molecule has 0 bridgehead atoms. The van der Waals surface area contributed by atoms with Gasteiger partial charge in [-0.3, -0.25) is 14.5 Å². The second kappa shape index (κ2) is 6.77. The van der Waals surface area contributed by atoms with Gasteiger partial charge in [0, 0.05) is 21.8 Å². The summed E-state index contributed by atoms with van der Waals surface area (Å²) in [5.74, 6) is -0.181. The summed E-state index contributed by atoms with van der Waals surface area (Å²) >= 11 is 3.51. The number of rotatable bonds is 3. The topological polar surface area (TPSA) is 58.9 Å². The van der Waals surface area contributed by atoms with Crippen molar-refractivity contribution in [2.45, 2.75) is 19.8 Å². The van der Waals surface area contributed by atoms with Crippen LogP contribution in [-0.4, -0.2) is 24.6 Å². The van der Waals surface area contributed by atoms with Crippen molar-refractivity contribution >= 4 is 32.5 Å². The van der Waals surface area contributed by atoms with E-state index in [4.69, 9.17) is 4.98 Å². The number of fused-ring (bicyclic) bond motifs is 2. The third kappa shape index (κ3) is 2.93. The van der Waals surface area contributed by atoms with Gasteiger partial charge in [0.05, 0.1) is 40.4 Å². The SMILES string of the molecule is CC(C)c1nc2cnc(-c3cccc(Br)c3)cn2c1-c1ccc2[nH]ncc2c1F. The van der Waals surface area contributed by atoms with E-state index in [0.717, 1.165) is 27.1 Å². The molecule has 1 N–H and O–H groups in total. The molecule has 0 saturated heterocycles. The predicted octanol–water partition coefficient (Wildman–Crippen LogP) is 5.96. The van der Waals surface area contributed by atoms with Crippen LogP contribution in [0.4, 0.5) is 4.39 Å². The molecule has 7 heteroatoms. The van der Waals surface area contributed by atoms with Crippen molar-refractivity contribution in [3.05, 3.63) is 71.0 Å². The van der Waals surface area contributed by atoms with E-state index >= 15 is 4.39 Å². The van der Waals surface area contributed by atoms with Crippen LogP contribution in [0.1, 0.15) is 25.5 Å². The number of aromatic amines is 1. The molecule has 0 fully saturated rings. The van der Waals surface area contributed by atoms with E-state index in [1.807, 2.05) is 40.9 Å². The lowest BCUT2D eigenvalue weighted by atomic mass is 10.0. The molecule has 0 spiro atoms. The van der Waals surface area contributed by atoms with E-state index in [0.29, 0.717) is 22.1 Å². The average Bonchev–Trinajstić information content (AvgIpc) is 3.33. The molecule has 29 heavy (non-hydrogen) atoms. The Morgan fingerprint density at radius 2 is 2.00 bits per heavy atom. The zero-order chi connectivity index (χ0) is 20.1. The molecule has 0 aliphatic carbocycles. The largest absolute Gasteiger partial charge is 0.296 e. The first-order valence-electron chi connectivity index (χ1n) is 9.29. The van der Waals surface area contributed by atoms with Crippen LogP contribution in [0.25, 0.3) is 39.1 Å². The Morgan fingerprint density at radius 3 is 2.79 bits per heavy atom. The van der Waals surface area contributed by atoms with E-state index in [1.54, 1.807) is 12.3 Å². The van der Waals surface area contributed by atoms with Crippen molar-refractivity contribution in [2.24, 2.45) is 0 Å². The number of H-pyrrole nitrogens is 1. The van der Waals surface area contributed by atoms with Crippen LogP contribution in [0.3, 0.4) is 0 Å². The Morgan fingerprint density at radius 1 is 1.14 bits per heavy atom. The summed E-state index contributed by atoms with van der Waals surface area (Å²) in [6.07, 6.45) is 5.17. The highest BCUT2D eigenvalue weighted by Gasteiger charge is 2.22. The molecule has 5 rings (SSSR count). The number of halogens is 2. The molecule has 0 aliphatic rings. The highest BCUT2D eigenvalue weighted by molar-refractivity contribution is 9.10. The van der Waals surface area contributed by atoms with E-state index in [1.165, 1.54) is 6.20 Å². The number of hydrogen-bond acceptors (Lipinski definition) is 3. The third-order valence-corrected chi connectivity index (χ3v) is 5.51. The van der Waals surface area contributed by atoms with Crippen LogP contribution in [0.15, 0.2) is 59.5 Å². The molecule has 0 atom stereocenters. The van der Waals surface area contributed by atoms with Crippen LogP contribution in [0.2, 0.25) is 0 Å². The summed E-state index contributed by atoms with van der Waals surface area (Å²) in [4.78, 5) is 9.33. The number of nitrogens with zero attached hydrogens (tertiary/aromatic N) is 4. The van der Waals surface area contributed by atoms with Gasteiger partial charge in [-0.25, -0.2) is 9.37 Å². The fourth-order valence-corrected chi connectivity index (χ4v) is 4.01. The third-order valence-electron chi connectivity index (χ3n) is 5.02. The molecular formula is C22H17BrFN5. The standard InChI is InChI=1S/C22H17BrFN5/c1-12(2)21-22(15-6-7-17-16(20(15)24)9-26-28-17)29-11-18(25-10-19(29)27-21)13-4-3-5-14(23)8-13/h3-12H,1-2H3,(H,26,28). The summed E-state index contributed by atoms with van der Waals surface area (Å²) in [6.45, 7) is 4.12. The lowest BCUT2D eigenvalue weighted by Gasteiger charge is -2.10. The number of hydrogen-bond donors (Lipinski definition) is 1. The highest BCUT2D eigenvalue weighted by Crippen LogP contribution is 2.35. The Labute approximate surface area is 174 Å². The second-order valence-corrected chi connectivity index (χ2v) is 8.19. The average molecular weight is 450 g/mol. The van der Waals surface area contributed by atoms with Gasteiger partial charge in [0.2, 0.25) is 0 Å². The van der Waals surface area contributed by atoms with Crippen LogP contribution in [-0.2, 0) is 0 Å². The molecule has 5 nitrogen and oxygen atoms in total. The number of nitrogens with one attached hydrogen (secondary N) is 1. The molecule has 144 valence electrons. The van der Waals surface area contributed by atoms with E-state index in [-0.39, 0.29) is 11.7 Å². The van der Waals surface area contributed by atoms with Gasteiger partial charge in [0.1, 0.15) is 5.82 Å². The number of aromatic nitrogens is 5. The lowest BCUT2D eigenvalue weighted by Crippen LogP contribution is -1.98. The summed E-state index contributed by atoms with van der Waals surface area (Å²) < 4.78 is 18.3. The van der Waals surface area contributed by atoms with Gasteiger partial charge in [-0.2, -0.15) is 5.10 Å². The fourth-order valence-electron chi connectivity index (χ4n) is 3.61. The Bertz CT molecular complexity index is 1370. The van der Waals surface area contributed by atoms with Gasteiger partial charge in [0.15, 0.2) is 5.65 Å². The van der Waals surface area contributed by atoms with Gasteiger partial charge in [-0.15, -0.1) is 0 Å². The Balaban J connectivity index is 1.81. The second-order valence-electron chi connectivity index (χ2n) is 7.27. The smallest absolute Gasteiger partial charge is 0.156 e. The summed E-state index contributed by atoms with van der Waals surface area (Å²) in [5, 5.41) is 7.25. The maximum atomic E-state index is 15.4. The maximum absolute atomic E-state index is 15.4. The Hall–Kier alpha value is -3.06. The minimum atomic E-state index is -0.305. The molecule has 0 radical (unpaired) electrons. The van der Waals surface area contributed by atoms with Crippen LogP contribution in [0.5, 0.6) is 0 Å². The van der Waals surface area contributed by atoms with Crippen molar-refractivity contribution in [1.29, 1.82) is 0 Å². The summed E-state index contributed by atoms with van der Waals surface area (Å²) in [5.41, 5.74) is 5.20. The van der Waals surface area contributed by atoms with E-state index < -0.39 is 0 Å². The normalized spacial score (nSPS) is 11.8. The zero-order valence-electron chi connectivity index (χ0n) is 15.8. The Kier molecular flexibility index (Phi) is 4.20. The fraction of sp³-hybridized carbons (Fsp3) is 0.136. The molecule has 0 aliphatic heterocycles. The molecule has 3 heterocycles. The predicted molar refractivity (Wildman–Crippen MR) is 115 cm³/mol. The minimum Gasteiger partial charge on any atom is -0.296 e. The van der Waals surface area contributed by atoms with Gasteiger partial charge in [-0.05, 0) is 30.2 Å². The van der Waals surface area contributed by atoms with Crippen molar-refractivity contribution < 1.29 is 4.39 Å². The highest BCUT2D eigenvalue weighted by atomic mass is 79.9. The molecule has 2 aromatic carbocycles. The lowest BCUT2D eigenvalue weighted by molar-refractivity contribution is 0.642. The van der Waals surface area contributed by atoms with Gasteiger partial charge in [0.25, 0.3) is 0 Å². The monoisotopic (exact) mass is 449 g/mol. The first-order chi connectivity index (χ1) is 14.0. The first-order valence-corrected chi connectivity index (χ1v) is 10.1. The van der Waals surface area contributed by atoms with Gasteiger partial charge >= 0.3 is 0 Å². The molecule has 0 amide bonds. The van der Waals surface area contributed by atoms with Gasteiger partial charge < -0.3 is 0 Å². The molecule has 5 aromatic rings. The summed E-state index contributed by atoms with van der Waals surface area (Å²) in [7, 11) is 0. The van der Waals surface area contributed by atoms with Gasteiger partial charge in [-0.1, -0.05) is 41.9 Å². The van der Waals surface area contributed by atoms with Crippen molar-refractivity contribution in [3.8, 4) is 22.5 Å². The van der Waals surface area contributed by atoms with Crippen LogP contribution >= 0.6 is 15.9 Å². The molecular weight excluding hydrogens is 433 g/mol. The van der Waals surface area contributed by atoms with E-state index in [2.05, 4.69) is 45.0 Å².